The van der Waals surface area contributed by atoms with E-state index in [0.29, 0.717) is 24.8 Å². The largest absolute Gasteiger partial charge is 0.480 e. The molecular weight excluding hydrogens is 722 g/mol. The fourth-order valence-corrected chi connectivity index (χ4v) is 5.77. The SMILES string of the molecule is CCCCCC(=O)NCCCC(=O)c1c(F)c(F)c(OCC(=O)[C@H](CCCCN)CC(=O)[C@H](Cc2ccccc2)NC(=O)OCc2ccccc2)c(F)c1F. The molecule has 0 spiro atoms. The first kappa shape index (κ1) is 44.3. The average Bonchev–Trinajstić information content (AvgIpc) is 3.18. The Bertz CT molecular complexity index is 1700. The Morgan fingerprint density at radius 3 is 2.00 bits per heavy atom. The number of alkyl carbamates (subject to hydrolysis) is 1. The molecule has 0 radical (unpaired) electrons. The summed E-state index contributed by atoms with van der Waals surface area (Å²) in [6.45, 7) is 1.17. The Hall–Kier alpha value is -5.11. The Balaban J connectivity index is 1.70. The summed E-state index contributed by atoms with van der Waals surface area (Å²) in [6.07, 6.45) is 1.99. The van der Waals surface area contributed by atoms with Crippen molar-refractivity contribution in [3.05, 3.63) is 101 Å². The number of carbonyl (C=O) groups is 5. The number of unbranched alkanes of at least 4 members (excludes halogenated alkanes) is 3. The summed E-state index contributed by atoms with van der Waals surface area (Å²) in [4.78, 5) is 64.3. The van der Waals surface area contributed by atoms with Gasteiger partial charge in [-0.25, -0.2) is 13.6 Å². The number of carbonyl (C=O) groups excluding carboxylic acids is 5. The molecule has 4 N–H and O–H groups in total. The topological polar surface area (TPSA) is 154 Å². The van der Waals surface area contributed by atoms with Gasteiger partial charge in [-0.05, 0) is 49.8 Å². The van der Waals surface area contributed by atoms with Gasteiger partial charge in [-0.2, -0.15) is 8.78 Å². The maximum absolute atomic E-state index is 15.1. The highest BCUT2D eigenvalue weighted by Crippen LogP contribution is 2.31. The van der Waals surface area contributed by atoms with Crippen LogP contribution in [0.15, 0.2) is 60.7 Å². The summed E-state index contributed by atoms with van der Waals surface area (Å²) >= 11 is 0. The Morgan fingerprint density at radius 2 is 1.38 bits per heavy atom. The summed E-state index contributed by atoms with van der Waals surface area (Å²) in [7, 11) is 0. The van der Waals surface area contributed by atoms with E-state index < -0.39 is 89.4 Å². The molecule has 14 heteroatoms. The van der Waals surface area contributed by atoms with E-state index in [1.54, 1.807) is 60.7 Å². The molecule has 3 aromatic rings. The van der Waals surface area contributed by atoms with E-state index in [1.165, 1.54) is 0 Å². The van der Waals surface area contributed by atoms with Gasteiger partial charge in [0.05, 0.1) is 11.6 Å². The molecule has 3 aromatic carbocycles. The third kappa shape index (κ3) is 14.6. The van der Waals surface area contributed by atoms with Crippen LogP contribution in [0.4, 0.5) is 22.4 Å². The summed E-state index contributed by atoms with van der Waals surface area (Å²) < 4.78 is 70.5. The van der Waals surface area contributed by atoms with Gasteiger partial charge in [0.2, 0.25) is 17.5 Å². The number of amides is 2. The Labute approximate surface area is 318 Å². The molecule has 0 aromatic heterocycles. The lowest BCUT2D eigenvalue weighted by molar-refractivity contribution is -0.130. The lowest BCUT2D eigenvalue weighted by Gasteiger charge is -2.21. The first-order valence-electron chi connectivity index (χ1n) is 18.5. The number of hydrogen-bond donors (Lipinski definition) is 3. The number of hydrogen-bond acceptors (Lipinski definition) is 8. The van der Waals surface area contributed by atoms with Crippen LogP contribution in [0, 0.1) is 29.2 Å². The van der Waals surface area contributed by atoms with Crippen molar-refractivity contribution in [3.8, 4) is 5.75 Å². The number of nitrogens with two attached hydrogens (primary N) is 1. The molecule has 298 valence electrons. The molecule has 3 rings (SSSR count). The fourth-order valence-electron chi connectivity index (χ4n) is 5.77. The van der Waals surface area contributed by atoms with Gasteiger partial charge in [-0.15, -0.1) is 0 Å². The number of nitrogens with one attached hydrogen (secondary N) is 2. The fraction of sp³-hybridized carbons (Fsp3) is 0.439. The Kier molecular flexibility index (Phi) is 19.0. The highest BCUT2D eigenvalue weighted by Gasteiger charge is 2.32. The van der Waals surface area contributed by atoms with E-state index in [4.69, 9.17) is 15.2 Å². The van der Waals surface area contributed by atoms with Gasteiger partial charge in [-0.1, -0.05) is 86.8 Å². The van der Waals surface area contributed by atoms with Crippen molar-refractivity contribution < 1.29 is 51.0 Å². The molecule has 2 atom stereocenters. The smallest absolute Gasteiger partial charge is 0.408 e. The van der Waals surface area contributed by atoms with Crippen molar-refractivity contribution in [3.63, 3.8) is 0 Å². The van der Waals surface area contributed by atoms with Gasteiger partial charge in [0.25, 0.3) is 0 Å². The van der Waals surface area contributed by atoms with Crippen LogP contribution in [0.5, 0.6) is 5.75 Å². The molecule has 0 unspecified atom stereocenters. The number of benzene rings is 3. The van der Waals surface area contributed by atoms with Crippen LogP contribution in [0.3, 0.4) is 0 Å². The molecule has 0 fully saturated rings. The number of halogens is 4. The quantitative estimate of drug-likeness (QED) is 0.0357. The van der Waals surface area contributed by atoms with Gasteiger partial charge in [0, 0.05) is 31.7 Å². The molecule has 0 bridgehead atoms. The predicted octanol–water partition coefficient (Wildman–Crippen LogP) is 7.09. The van der Waals surface area contributed by atoms with E-state index in [0.717, 1.165) is 18.4 Å². The van der Waals surface area contributed by atoms with E-state index in [1.807, 2.05) is 6.92 Å². The first-order valence-corrected chi connectivity index (χ1v) is 18.5. The third-order valence-corrected chi connectivity index (χ3v) is 8.86. The molecule has 0 aliphatic carbocycles. The zero-order valence-electron chi connectivity index (χ0n) is 31.0. The molecular formula is C41H49F4N3O7. The zero-order chi connectivity index (χ0) is 40.2. The summed E-state index contributed by atoms with van der Waals surface area (Å²) in [6, 6.07) is 16.6. The van der Waals surface area contributed by atoms with Gasteiger partial charge < -0.3 is 25.8 Å². The molecule has 0 heterocycles. The minimum atomic E-state index is -2.00. The number of Topliss-reactive ketones (excluding diaryl/α,β-unsaturated/α-hetero) is 3. The van der Waals surface area contributed by atoms with Crippen LogP contribution in [0.25, 0.3) is 0 Å². The van der Waals surface area contributed by atoms with E-state index >= 15 is 17.6 Å². The third-order valence-electron chi connectivity index (χ3n) is 8.86. The van der Waals surface area contributed by atoms with Crippen LogP contribution >= 0.6 is 0 Å². The Morgan fingerprint density at radius 1 is 0.745 bits per heavy atom. The van der Waals surface area contributed by atoms with Crippen LogP contribution < -0.4 is 21.1 Å². The second-order valence-electron chi connectivity index (χ2n) is 13.1. The van der Waals surface area contributed by atoms with Crippen LogP contribution in [0.2, 0.25) is 0 Å². The molecule has 0 aliphatic heterocycles. The van der Waals surface area contributed by atoms with Crippen molar-refractivity contribution in [1.29, 1.82) is 0 Å². The van der Waals surface area contributed by atoms with E-state index in [2.05, 4.69) is 10.6 Å². The first-order chi connectivity index (χ1) is 26.5. The lowest BCUT2D eigenvalue weighted by Crippen LogP contribution is -2.44. The summed E-state index contributed by atoms with van der Waals surface area (Å²) in [5, 5.41) is 5.15. The van der Waals surface area contributed by atoms with Gasteiger partial charge in [0.1, 0.15) is 13.2 Å². The van der Waals surface area contributed by atoms with Gasteiger partial charge in [-0.3, -0.25) is 19.2 Å². The second kappa shape index (κ2) is 23.6. The maximum atomic E-state index is 15.1. The van der Waals surface area contributed by atoms with Crippen LogP contribution in [0.1, 0.15) is 92.6 Å². The lowest BCUT2D eigenvalue weighted by atomic mass is 9.88. The number of ketones is 3. The number of rotatable bonds is 25. The summed E-state index contributed by atoms with van der Waals surface area (Å²) in [5.74, 6) is -13.4. The van der Waals surface area contributed by atoms with E-state index in [9.17, 15) is 24.0 Å². The predicted molar refractivity (Wildman–Crippen MR) is 197 cm³/mol. The molecule has 0 saturated carbocycles. The van der Waals surface area contributed by atoms with Gasteiger partial charge in [0.15, 0.2) is 34.7 Å². The highest BCUT2D eigenvalue weighted by molar-refractivity contribution is 5.97. The van der Waals surface area contributed by atoms with Crippen LogP contribution in [-0.4, -0.2) is 55.1 Å². The normalized spacial score (nSPS) is 12.0. The van der Waals surface area contributed by atoms with Gasteiger partial charge >= 0.3 is 6.09 Å². The van der Waals surface area contributed by atoms with Crippen molar-refractivity contribution >= 4 is 29.4 Å². The number of ether oxygens (including phenoxy) is 2. The zero-order valence-corrected chi connectivity index (χ0v) is 31.0. The van der Waals surface area contributed by atoms with Crippen molar-refractivity contribution in [2.75, 3.05) is 19.7 Å². The minimum absolute atomic E-state index is 0.0184. The standard InChI is InChI=1S/C41H49F4N3O7/c1-2-3-6-20-34(52)47-22-13-19-31(49)35-36(42)38(44)40(39(45)37(35)43)54-26-33(51)29(18-11-12-21-46)24-32(50)30(23-27-14-7-4-8-15-27)48-41(53)55-25-28-16-9-5-10-17-28/h4-5,7-10,14-17,29-30H,2-3,6,11-13,18-26,46H2,1H3,(H,47,52)(H,48,53)/t29-,30+/m1/s1. The maximum Gasteiger partial charge on any atom is 0.408 e. The van der Waals surface area contributed by atoms with Crippen molar-refractivity contribution in [2.24, 2.45) is 11.7 Å². The van der Waals surface area contributed by atoms with E-state index in [-0.39, 0.29) is 51.3 Å². The highest BCUT2D eigenvalue weighted by atomic mass is 19.2. The average molecular weight is 772 g/mol. The molecule has 0 saturated heterocycles. The molecule has 10 nitrogen and oxygen atoms in total. The monoisotopic (exact) mass is 771 g/mol. The van der Waals surface area contributed by atoms with Crippen molar-refractivity contribution in [2.45, 2.75) is 90.2 Å². The summed E-state index contributed by atoms with van der Waals surface area (Å²) in [5.41, 5.74) is 5.61. The minimum Gasteiger partial charge on any atom is -0.480 e. The van der Waals surface area contributed by atoms with Crippen LogP contribution in [-0.2, 0) is 32.1 Å². The molecule has 0 aliphatic rings. The molecule has 2 amide bonds. The second-order valence-corrected chi connectivity index (χ2v) is 13.1. The van der Waals surface area contributed by atoms with Crippen molar-refractivity contribution in [1.82, 2.24) is 10.6 Å². The molecule has 55 heavy (non-hydrogen) atoms.